The highest BCUT2D eigenvalue weighted by atomic mass is 19.1. The number of nitrogens with one attached hydrogen (secondary N) is 1. The molecule has 36 heavy (non-hydrogen) atoms. The molecule has 1 amide bonds. The van der Waals surface area contributed by atoms with Crippen LogP contribution in [0.3, 0.4) is 0 Å². The van der Waals surface area contributed by atoms with Crippen LogP contribution in [0.1, 0.15) is 48.3 Å². The van der Waals surface area contributed by atoms with Gasteiger partial charge in [-0.05, 0) is 29.8 Å². The Labute approximate surface area is 208 Å². The van der Waals surface area contributed by atoms with E-state index < -0.39 is 23.6 Å². The minimum Gasteiger partial charge on any atom is -0.487 e. The number of carbonyl (C=O) groups is 1. The van der Waals surface area contributed by atoms with E-state index in [0.29, 0.717) is 49.6 Å². The highest BCUT2D eigenvalue weighted by Gasteiger charge is 2.44. The molecule has 0 radical (unpaired) electrons. The van der Waals surface area contributed by atoms with Crippen LogP contribution in [-0.4, -0.2) is 51.6 Å². The Hall–Kier alpha value is -3.56. The van der Waals surface area contributed by atoms with Gasteiger partial charge in [0.1, 0.15) is 17.2 Å². The number of amides is 1. The number of aliphatic hydroxyl groups excluding tert-OH is 2. The first-order chi connectivity index (χ1) is 17.4. The number of hydrogen-bond donors (Lipinski definition) is 3. The Bertz CT molecular complexity index is 1200. The molecule has 0 saturated carbocycles. The van der Waals surface area contributed by atoms with E-state index in [4.69, 9.17) is 4.74 Å². The number of aliphatic hydroxyl groups is 2. The van der Waals surface area contributed by atoms with Crippen molar-refractivity contribution in [2.75, 3.05) is 24.5 Å². The third kappa shape index (κ3) is 5.17. The number of rotatable bonds is 6. The van der Waals surface area contributed by atoms with Gasteiger partial charge in [0.25, 0.3) is 0 Å². The van der Waals surface area contributed by atoms with E-state index in [1.165, 1.54) is 6.07 Å². The molecule has 2 unspecified atom stereocenters. The van der Waals surface area contributed by atoms with E-state index in [0.717, 1.165) is 5.56 Å². The van der Waals surface area contributed by atoms with Crippen LogP contribution in [0.4, 0.5) is 10.2 Å². The van der Waals surface area contributed by atoms with Crippen molar-refractivity contribution in [2.24, 2.45) is 0 Å². The second-order valence-corrected chi connectivity index (χ2v) is 9.43. The highest BCUT2D eigenvalue weighted by molar-refractivity contribution is 5.78. The summed E-state index contributed by atoms with van der Waals surface area (Å²) in [5.41, 5.74) is 0.989. The number of halogens is 1. The van der Waals surface area contributed by atoms with Crippen molar-refractivity contribution in [3.8, 4) is 5.75 Å². The number of hydrogen-bond acceptors (Lipinski definition) is 7. The van der Waals surface area contributed by atoms with Crippen LogP contribution in [0, 0.1) is 5.82 Å². The van der Waals surface area contributed by atoms with Crippen molar-refractivity contribution < 1.29 is 24.1 Å². The van der Waals surface area contributed by atoms with Gasteiger partial charge in [0.2, 0.25) is 5.91 Å². The van der Waals surface area contributed by atoms with Gasteiger partial charge in [0.15, 0.2) is 5.82 Å². The Morgan fingerprint density at radius 1 is 1.11 bits per heavy atom. The third-order valence-electron chi connectivity index (χ3n) is 6.96. The van der Waals surface area contributed by atoms with Crippen LogP contribution in [0.5, 0.6) is 5.75 Å². The largest absolute Gasteiger partial charge is 0.487 e. The summed E-state index contributed by atoms with van der Waals surface area (Å²) in [6, 6.07) is 17.4. The molecule has 2 aliphatic rings. The Balaban J connectivity index is 1.13. The molecular formula is C27H29FN4O4. The topological polar surface area (TPSA) is 108 Å². The molecule has 0 bridgehead atoms. The number of ether oxygens (including phenoxy) is 1. The minimum absolute atomic E-state index is 0.0690. The van der Waals surface area contributed by atoms with Crippen LogP contribution in [0.15, 0.2) is 60.7 Å². The monoisotopic (exact) mass is 492 g/mol. The van der Waals surface area contributed by atoms with E-state index in [2.05, 4.69) is 20.4 Å². The molecule has 3 heterocycles. The fourth-order valence-corrected chi connectivity index (χ4v) is 4.95. The Morgan fingerprint density at radius 2 is 1.89 bits per heavy atom. The molecule has 3 aromatic rings. The van der Waals surface area contributed by atoms with Gasteiger partial charge >= 0.3 is 0 Å². The van der Waals surface area contributed by atoms with Crippen LogP contribution in [0.2, 0.25) is 0 Å². The van der Waals surface area contributed by atoms with E-state index in [1.54, 1.807) is 18.2 Å². The fraction of sp³-hybridized carbons (Fsp3) is 0.370. The van der Waals surface area contributed by atoms with E-state index >= 15 is 0 Å². The summed E-state index contributed by atoms with van der Waals surface area (Å²) in [6.07, 6.45) is 0.0893. The van der Waals surface area contributed by atoms with Crippen molar-refractivity contribution in [2.45, 2.75) is 43.5 Å². The van der Waals surface area contributed by atoms with Gasteiger partial charge in [-0.25, -0.2) is 4.39 Å². The molecule has 5 rings (SSSR count). The molecule has 2 atom stereocenters. The van der Waals surface area contributed by atoms with Gasteiger partial charge in [-0.3, -0.25) is 4.79 Å². The van der Waals surface area contributed by atoms with Crippen LogP contribution >= 0.6 is 0 Å². The number of anilines is 1. The summed E-state index contributed by atoms with van der Waals surface area (Å²) in [5.74, 6) is 0.442. The number of piperidine rings is 1. The smallest absolute Gasteiger partial charge is 0.226 e. The lowest BCUT2D eigenvalue weighted by Crippen LogP contribution is -2.51. The third-order valence-corrected chi connectivity index (χ3v) is 6.96. The SMILES string of the molecule is O=C(Cc1ccc(N2CCC3(CC2)CC(O)c2c(F)cccc2O3)nn1)NCC(O)c1ccccc1. The standard InChI is InChI=1S/C27H29FN4O4/c28-20-7-4-8-23-26(20)21(33)16-27(36-23)11-13-32(14-12-27)24-10-9-19(30-31-24)15-25(35)29-17-22(34)18-5-2-1-3-6-18/h1-10,21-22,33-34H,11-17H2,(H,29,35). The van der Waals surface area contributed by atoms with Crippen molar-refractivity contribution in [3.05, 3.63) is 83.3 Å². The van der Waals surface area contributed by atoms with Crippen molar-refractivity contribution >= 4 is 11.7 Å². The molecule has 3 N–H and O–H groups in total. The molecular weight excluding hydrogens is 463 g/mol. The average Bonchev–Trinajstić information content (AvgIpc) is 2.88. The molecule has 9 heteroatoms. The van der Waals surface area contributed by atoms with Gasteiger partial charge < -0.3 is 25.2 Å². The van der Waals surface area contributed by atoms with Crippen molar-refractivity contribution in [3.63, 3.8) is 0 Å². The summed E-state index contributed by atoms with van der Waals surface area (Å²) in [6.45, 7) is 1.43. The molecule has 1 aromatic heterocycles. The maximum Gasteiger partial charge on any atom is 0.226 e. The molecule has 1 fully saturated rings. The lowest BCUT2D eigenvalue weighted by Gasteiger charge is -2.46. The first-order valence-corrected chi connectivity index (χ1v) is 12.2. The zero-order valence-electron chi connectivity index (χ0n) is 19.8. The first kappa shape index (κ1) is 24.1. The van der Waals surface area contributed by atoms with Crippen LogP contribution in [-0.2, 0) is 11.2 Å². The number of fused-ring (bicyclic) bond motifs is 1. The summed E-state index contributed by atoms with van der Waals surface area (Å²) in [5, 5.41) is 32.0. The van der Waals surface area contributed by atoms with Crippen LogP contribution < -0.4 is 15.0 Å². The number of carbonyl (C=O) groups excluding carboxylic acids is 1. The maximum atomic E-state index is 14.1. The lowest BCUT2D eigenvalue weighted by molar-refractivity contribution is -0.121. The van der Waals surface area contributed by atoms with E-state index in [9.17, 15) is 19.4 Å². The van der Waals surface area contributed by atoms with E-state index in [-0.39, 0.29) is 24.4 Å². The average molecular weight is 493 g/mol. The second kappa shape index (κ2) is 10.2. The first-order valence-electron chi connectivity index (χ1n) is 12.2. The van der Waals surface area contributed by atoms with Crippen molar-refractivity contribution in [1.82, 2.24) is 15.5 Å². The minimum atomic E-state index is -0.888. The molecule has 188 valence electrons. The number of nitrogens with zero attached hydrogens (tertiary/aromatic N) is 3. The van der Waals surface area contributed by atoms with Gasteiger partial charge in [-0.15, -0.1) is 5.10 Å². The molecule has 2 aromatic carbocycles. The zero-order valence-corrected chi connectivity index (χ0v) is 19.8. The fourth-order valence-electron chi connectivity index (χ4n) is 4.95. The predicted octanol–water partition coefficient (Wildman–Crippen LogP) is 2.86. The Kier molecular flexibility index (Phi) is 6.84. The maximum absolute atomic E-state index is 14.1. The normalized spacial score (nSPS) is 19.3. The second-order valence-electron chi connectivity index (χ2n) is 9.43. The van der Waals surface area contributed by atoms with Crippen LogP contribution in [0.25, 0.3) is 0 Å². The lowest BCUT2D eigenvalue weighted by atomic mass is 9.81. The van der Waals surface area contributed by atoms with Gasteiger partial charge in [0, 0.05) is 38.9 Å². The zero-order chi connectivity index (χ0) is 25.1. The molecule has 8 nitrogen and oxygen atoms in total. The summed E-state index contributed by atoms with van der Waals surface area (Å²) >= 11 is 0. The summed E-state index contributed by atoms with van der Waals surface area (Å²) in [7, 11) is 0. The quantitative estimate of drug-likeness (QED) is 0.486. The Morgan fingerprint density at radius 3 is 2.61 bits per heavy atom. The molecule has 1 saturated heterocycles. The van der Waals surface area contributed by atoms with Gasteiger partial charge in [-0.1, -0.05) is 36.4 Å². The molecule has 0 aliphatic carbocycles. The number of aromatic nitrogens is 2. The summed E-state index contributed by atoms with van der Waals surface area (Å²) < 4.78 is 20.3. The van der Waals surface area contributed by atoms with E-state index in [1.807, 2.05) is 36.4 Å². The van der Waals surface area contributed by atoms with Gasteiger partial charge in [0.05, 0.1) is 29.9 Å². The number of benzene rings is 2. The summed E-state index contributed by atoms with van der Waals surface area (Å²) in [4.78, 5) is 14.4. The van der Waals surface area contributed by atoms with Gasteiger partial charge in [-0.2, -0.15) is 5.10 Å². The highest BCUT2D eigenvalue weighted by Crippen LogP contribution is 2.45. The molecule has 2 aliphatic heterocycles. The molecule has 1 spiro atoms. The predicted molar refractivity (Wildman–Crippen MR) is 131 cm³/mol. The van der Waals surface area contributed by atoms with Crippen molar-refractivity contribution in [1.29, 1.82) is 0 Å².